The van der Waals surface area contributed by atoms with E-state index in [1.807, 2.05) is 44.2 Å². The second kappa shape index (κ2) is 9.54. The molecule has 0 aliphatic carbocycles. The molecule has 1 unspecified atom stereocenters. The van der Waals surface area contributed by atoms with Gasteiger partial charge in [-0.25, -0.2) is 19.5 Å². The van der Waals surface area contributed by atoms with Crippen molar-refractivity contribution in [3.63, 3.8) is 0 Å². The smallest absolute Gasteiger partial charge is 0.386 e. The third-order valence-corrected chi connectivity index (χ3v) is 7.93. The Morgan fingerprint density at radius 2 is 2.00 bits per heavy atom. The molecule has 2 aliphatic rings. The van der Waals surface area contributed by atoms with Crippen LogP contribution in [0.3, 0.4) is 0 Å². The molecular formula is C21H26N5O6PS. The zero-order chi connectivity index (χ0) is 23.9. The molecular weight excluding hydrogens is 481 g/mol. The maximum Gasteiger partial charge on any atom is 0.472 e. The number of nitrogens with zero attached hydrogens (tertiary/aromatic N) is 5. The van der Waals surface area contributed by atoms with Gasteiger partial charge < -0.3 is 19.6 Å². The molecule has 5 atom stereocenters. The van der Waals surface area contributed by atoms with Gasteiger partial charge in [-0.2, -0.15) is 0 Å². The third-order valence-electron chi connectivity index (χ3n) is 5.92. The SMILES string of the molecule is CCN(CC)c1ncnc2c1nc(SCc1ccccc1)n2[C@@H]1O[C@@H]2COP(=O)(O)O[C@H]2[C@H]1O. The first kappa shape index (κ1) is 23.7. The molecule has 2 fully saturated rings. The van der Waals surface area contributed by atoms with E-state index >= 15 is 0 Å². The molecule has 3 aromatic rings. The Morgan fingerprint density at radius 3 is 2.74 bits per heavy atom. The van der Waals surface area contributed by atoms with Crippen LogP contribution in [0.15, 0.2) is 41.8 Å². The minimum absolute atomic E-state index is 0.162. The molecule has 0 saturated carbocycles. The van der Waals surface area contributed by atoms with Gasteiger partial charge >= 0.3 is 7.82 Å². The van der Waals surface area contributed by atoms with Crippen LogP contribution in [0.4, 0.5) is 5.82 Å². The average Bonchev–Trinajstić information content (AvgIpc) is 3.36. The van der Waals surface area contributed by atoms with E-state index in [-0.39, 0.29) is 6.61 Å². The minimum Gasteiger partial charge on any atom is -0.386 e. The molecule has 34 heavy (non-hydrogen) atoms. The number of ether oxygens (including phenoxy) is 1. The summed E-state index contributed by atoms with van der Waals surface area (Å²) in [6.07, 6.45) is -2.41. The Hall–Kier alpha value is -2.05. The fraction of sp³-hybridized carbons (Fsp3) is 0.476. The van der Waals surface area contributed by atoms with E-state index in [0.717, 1.165) is 18.7 Å². The van der Waals surface area contributed by atoms with Crippen molar-refractivity contribution in [3.8, 4) is 0 Å². The number of imidazole rings is 1. The van der Waals surface area contributed by atoms with Gasteiger partial charge in [-0.1, -0.05) is 42.1 Å². The standard InChI is InChI=1S/C21H26N5O6PS/c1-3-25(4-2)18-15-19(23-12-22-18)26(21(24-15)34-11-13-8-6-5-7-9-13)20-16(27)17-14(31-20)10-30-33(28,29)32-17/h5-9,12,14,16-17,20,27H,3-4,10-11H2,1-2H3,(H,28,29)/t14-,16-,17-,20-/m1/s1. The summed E-state index contributed by atoms with van der Waals surface area (Å²) in [6, 6.07) is 9.96. The van der Waals surface area contributed by atoms with E-state index in [0.29, 0.717) is 27.9 Å². The van der Waals surface area contributed by atoms with Crippen LogP contribution in [0.5, 0.6) is 0 Å². The Balaban J connectivity index is 1.57. The molecule has 5 rings (SSSR count). The summed E-state index contributed by atoms with van der Waals surface area (Å²) < 4.78 is 29.8. The zero-order valence-corrected chi connectivity index (χ0v) is 20.4. The van der Waals surface area contributed by atoms with Crippen molar-refractivity contribution in [3.05, 3.63) is 42.2 Å². The maximum absolute atomic E-state index is 11.9. The quantitative estimate of drug-likeness (QED) is 0.361. The fourth-order valence-corrected chi connectivity index (χ4v) is 6.17. The van der Waals surface area contributed by atoms with Crippen molar-refractivity contribution < 1.29 is 28.3 Å². The first-order chi connectivity index (χ1) is 16.4. The highest BCUT2D eigenvalue weighted by Crippen LogP contribution is 2.53. The van der Waals surface area contributed by atoms with Crippen LogP contribution in [0.25, 0.3) is 11.2 Å². The third kappa shape index (κ3) is 4.35. The highest BCUT2D eigenvalue weighted by atomic mass is 32.2. The van der Waals surface area contributed by atoms with Gasteiger partial charge in [-0.05, 0) is 19.4 Å². The number of aliphatic hydroxyl groups excluding tert-OH is 1. The van der Waals surface area contributed by atoms with Crippen molar-refractivity contribution in [1.29, 1.82) is 0 Å². The summed E-state index contributed by atoms with van der Waals surface area (Å²) >= 11 is 1.48. The molecule has 1 aromatic carbocycles. The summed E-state index contributed by atoms with van der Waals surface area (Å²) in [7, 11) is -4.24. The molecule has 13 heteroatoms. The number of rotatable bonds is 7. The number of aliphatic hydroxyl groups is 1. The first-order valence-corrected chi connectivity index (χ1v) is 13.5. The Morgan fingerprint density at radius 1 is 1.24 bits per heavy atom. The van der Waals surface area contributed by atoms with E-state index in [9.17, 15) is 14.6 Å². The normalized spacial score (nSPS) is 28.8. The van der Waals surface area contributed by atoms with Crippen LogP contribution in [0.1, 0.15) is 25.6 Å². The Kier molecular flexibility index (Phi) is 6.64. The van der Waals surface area contributed by atoms with Gasteiger partial charge in [0.1, 0.15) is 24.6 Å². The van der Waals surface area contributed by atoms with Crippen molar-refractivity contribution in [2.24, 2.45) is 0 Å². The minimum atomic E-state index is -4.24. The maximum atomic E-state index is 11.9. The van der Waals surface area contributed by atoms with Gasteiger partial charge in [-0.3, -0.25) is 13.6 Å². The van der Waals surface area contributed by atoms with E-state index in [4.69, 9.17) is 18.8 Å². The predicted molar refractivity (Wildman–Crippen MR) is 125 cm³/mol. The average molecular weight is 508 g/mol. The van der Waals surface area contributed by atoms with Gasteiger partial charge in [0.2, 0.25) is 0 Å². The monoisotopic (exact) mass is 507 g/mol. The van der Waals surface area contributed by atoms with E-state index < -0.39 is 32.4 Å². The molecule has 2 N–H and O–H groups in total. The van der Waals surface area contributed by atoms with Crippen molar-refractivity contribution in [2.45, 2.75) is 49.3 Å². The molecule has 2 aliphatic heterocycles. The van der Waals surface area contributed by atoms with E-state index in [1.165, 1.54) is 18.1 Å². The number of fused-ring (bicyclic) bond motifs is 2. The van der Waals surface area contributed by atoms with Gasteiger partial charge in [0.15, 0.2) is 28.4 Å². The topological polar surface area (TPSA) is 132 Å². The van der Waals surface area contributed by atoms with E-state index in [2.05, 4.69) is 14.9 Å². The van der Waals surface area contributed by atoms with Crippen LogP contribution >= 0.6 is 19.6 Å². The number of hydrogen-bond donors (Lipinski definition) is 2. The van der Waals surface area contributed by atoms with Gasteiger partial charge in [-0.15, -0.1) is 0 Å². The fourth-order valence-electron chi connectivity index (χ4n) is 4.23. The number of phosphoric acid groups is 1. The van der Waals surface area contributed by atoms with Gasteiger partial charge in [0, 0.05) is 18.8 Å². The summed E-state index contributed by atoms with van der Waals surface area (Å²) in [4.78, 5) is 25.6. The number of benzene rings is 1. The lowest BCUT2D eigenvalue weighted by Crippen LogP contribution is -2.39. The molecule has 182 valence electrons. The lowest BCUT2D eigenvalue weighted by molar-refractivity contribution is -0.0684. The van der Waals surface area contributed by atoms with Crippen molar-refractivity contribution >= 4 is 36.6 Å². The lowest BCUT2D eigenvalue weighted by Gasteiger charge is -2.27. The Labute approximate surface area is 200 Å². The summed E-state index contributed by atoms with van der Waals surface area (Å²) in [5, 5.41) is 11.7. The zero-order valence-electron chi connectivity index (χ0n) is 18.7. The van der Waals surface area contributed by atoms with Crippen molar-refractivity contribution in [2.75, 3.05) is 24.6 Å². The van der Waals surface area contributed by atoms with Crippen LogP contribution in [0.2, 0.25) is 0 Å². The number of hydrogen-bond acceptors (Lipinski definition) is 10. The summed E-state index contributed by atoms with van der Waals surface area (Å²) in [6.45, 7) is 5.40. The molecule has 11 nitrogen and oxygen atoms in total. The summed E-state index contributed by atoms with van der Waals surface area (Å²) in [5.41, 5.74) is 2.21. The molecule has 0 radical (unpaired) electrons. The highest BCUT2D eigenvalue weighted by Gasteiger charge is 2.53. The number of phosphoric ester groups is 1. The molecule has 0 amide bonds. The molecule has 2 saturated heterocycles. The van der Waals surface area contributed by atoms with Crippen LogP contribution in [-0.2, 0) is 24.1 Å². The Bertz CT molecular complexity index is 1210. The number of aromatic nitrogens is 4. The van der Waals surface area contributed by atoms with Crippen molar-refractivity contribution in [1.82, 2.24) is 19.5 Å². The largest absolute Gasteiger partial charge is 0.472 e. The van der Waals surface area contributed by atoms with Crippen LogP contribution < -0.4 is 4.90 Å². The van der Waals surface area contributed by atoms with Gasteiger partial charge in [0.05, 0.1) is 6.61 Å². The second-order valence-electron chi connectivity index (χ2n) is 7.97. The highest BCUT2D eigenvalue weighted by molar-refractivity contribution is 7.98. The molecule has 0 spiro atoms. The first-order valence-electron chi connectivity index (χ1n) is 11.1. The predicted octanol–water partition coefficient (Wildman–Crippen LogP) is 2.74. The number of anilines is 1. The van der Waals surface area contributed by atoms with Gasteiger partial charge in [0.25, 0.3) is 0 Å². The van der Waals surface area contributed by atoms with E-state index in [1.54, 1.807) is 4.57 Å². The summed E-state index contributed by atoms with van der Waals surface area (Å²) in [5.74, 6) is 1.33. The van der Waals surface area contributed by atoms with Crippen LogP contribution in [-0.4, -0.2) is 67.5 Å². The molecule has 4 heterocycles. The van der Waals surface area contributed by atoms with Crippen LogP contribution in [0, 0.1) is 0 Å². The lowest BCUT2D eigenvalue weighted by atomic mass is 10.1. The molecule has 0 bridgehead atoms. The number of thioether (sulfide) groups is 1. The second-order valence-corrected chi connectivity index (χ2v) is 10.3. The molecule has 2 aromatic heterocycles.